The minimum atomic E-state index is 0. The molecule has 2 heteroatoms. The molecule has 0 amide bonds. The monoisotopic (exact) mass is 302 g/mol. The molecule has 1 unspecified atom stereocenters. The van der Waals surface area contributed by atoms with Crippen LogP contribution >= 0.6 is 9.24 Å². The molecule has 0 aliphatic heterocycles. The summed E-state index contributed by atoms with van der Waals surface area (Å²) in [5.41, 5.74) is 0. The number of benzene rings is 1. The first-order chi connectivity index (χ1) is 3.39. The van der Waals surface area contributed by atoms with Gasteiger partial charge in [-0.25, -0.2) is 0 Å². The molecule has 1 aromatic rings. The first kappa shape index (κ1) is 8.29. The van der Waals surface area contributed by atoms with E-state index < -0.39 is 0 Å². The van der Waals surface area contributed by atoms with Crippen molar-refractivity contribution in [3.8, 4) is 0 Å². The zero-order chi connectivity index (χ0) is 5.11. The van der Waals surface area contributed by atoms with Gasteiger partial charge in [0.2, 0.25) is 0 Å². The predicted molar refractivity (Wildman–Crippen MR) is 35.8 cm³/mol. The van der Waals surface area contributed by atoms with Gasteiger partial charge in [-0.2, -0.15) is 0 Å². The second-order valence-electron chi connectivity index (χ2n) is 1.41. The van der Waals surface area contributed by atoms with E-state index in [2.05, 4.69) is 9.24 Å². The van der Waals surface area contributed by atoms with Crippen molar-refractivity contribution in [2.24, 2.45) is 0 Å². The van der Waals surface area contributed by atoms with Gasteiger partial charge in [0.1, 0.15) is 0 Å². The Kier molecular flexibility index (Phi) is 4.34. The zero-order valence-electron chi connectivity index (χ0n) is 4.32. The molecular weight excluding hydrogens is 293 g/mol. The Labute approximate surface area is 64.9 Å². The van der Waals surface area contributed by atoms with Gasteiger partial charge in [-0.05, 0) is 5.30 Å². The van der Waals surface area contributed by atoms with E-state index in [-0.39, 0.29) is 19.8 Å². The topological polar surface area (TPSA) is 0 Å². The van der Waals surface area contributed by atoms with Crippen LogP contribution in [0.15, 0.2) is 30.3 Å². The number of rotatable bonds is 0. The summed E-state index contributed by atoms with van der Waals surface area (Å²) in [5, 5.41) is 1.24. The third-order valence-corrected chi connectivity index (χ3v) is 1.18. The first-order valence-electron chi connectivity index (χ1n) is 2.20. The van der Waals surface area contributed by atoms with E-state index in [0.29, 0.717) is 0 Å². The molecule has 0 nitrogen and oxygen atoms in total. The van der Waals surface area contributed by atoms with E-state index in [4.69, 9.17) is 0 Å². The van der Waals surface area contributed by atoms with Crippen molar-refractivity contribution < 1.29 is 19.8 Å². The molecule has 0 aliphatic carbocycles. The van der Waals surface area contributed by atoms with Gasteiger partial charge in [0, 0.05) is 19.8 Å². The van der Waals surface area contributed by atoms with E-state index in [1.165, 1.54) is 5.30 Å². The maximum absolute atomic E-state index is 2.63. The summed E-state index contributed by atoms with van der Waals surface area (Å²) in [5.74, 6) is 0. The van der Waals surface area contributed by atoms with Gasteiger partial charge in [0.25, 0.3) is 0 Å². The van der Waals surface area contributed by atoms with Crippen LogP contribution in [0, 0.1) is 0 Å². The Morgan fingerprint density at radius 3 is 1.75 bits per heavy atom. The Morgan fingerprint density at radius 1 is 1.00 bits per heavy atom. The van der Waals surface area contributed by atoms with Crippen LogP contribution in [0.2, 0.25) is 0 Å². The van der Waals surface area contributed by atoms with Gasteiger partial charge < -0.3 is 0 Å². The minimum absolute atomic E-state index is 0. The van der Waals surface area contributed by atoms with Gasteiger partial charge in [0.05, 0.1) is 0 Å². The molecule has 0 heterocycles. The molecular formula is C6H7OsP. The predicted octanol–water partition coefficient (Wildman–Crippen LogP) is 1.18. The van der Waals surface area contributed by atoms with Gasteiger partial charge in [-0.1, -0.05) is 30.3 Å². The van der Waals surface area contributed by atoms with E-state index in [1.54, 1.807) is 0 Å². The third-order valence-electron chi connectivity index (χ3n) is 0.800. The fraction of sp³-hybridized carbons (Fsp3) is 0. The molecule has 0 aliphatic rings. The van der Waals surface area contributed by atoms with Crippen molar-refractivity contribution in [1.82, 2.24) is 0 Å². The van der Waals surface area contributed by atoms with E-state index in [1.807, 2.05) is 30.3 Å². The van der Waals surface area contributed by atoms with Crippen molar-refractivity contribution in [1.29, 1.82) is 0 Å². The first-order valence-corrected chi connectivity index (χ1v) is 2.78. The van der Waals surface area contributed by atoms with Crippen LogP contribution in [-0.4, -0.2) is 0 Å². The van der Waals surface area contributed by atoms with Crippen molar-refractivity contribution in [2.75, 3.05) is 0 Å². The molecule has 8 heavy (non-hydrogen) atoms. The Hall–Kier alpha value is 0.286. The Balaban J connectivity index is 0.000000490. The summed E-state index contributed by atoms with van der Waals surface area (Å²) in [4.78, 5) is 0. The molecule has 1 atom stereocenters. The summed E-state index contributed by atoms with van der Waals surface area (Å²) in [6.07, 6.45) is 0. The molecule has 0 N–H and O–H groups in total. The van der Waals surface area contributed by atoms with Crippen LogP contribution in [0.5, 0.6) is 0 Å². The summed E-state index contributed by atoms with van der Waals surface area (Å²) >= 11 is 0. The van der Waals surface area contributed by atoms with Gasteiger partial charge >= 0.3 is 0 Å². The fourth-order valence-corrected chi connectivity index (χ4v) is 0.675. The molecule has 0 saturated carbocycles. The van der Waals surface area contributed by atoms with Crippen LogP contribution < -0.4 is 5.30 Å². The number of hydrogen-bond acceptors (Lipinski definition) is 0. The smallest absolute Gasteiger partial charge is 0 e. The third kappa shape index (κ3) is 2.56. The number of hydrogen-bond donors (Lipinski definition) is 0. The zero-order valence-corrected chi connectivity index (χ0v) is 8.01. The molecule has 0 saturated heterocycles. The van der Waals surface area contributed by atoms with Crippen molar-refractivity contribution in [3.05, 3.63) is 30.3 Å². The second-order valence-corrected chi connectivity index (χ2v) is 2.08. The largest absolute Gasteiger partial charge is 0.106 e. The summed E-state index contributed by atoms with van der Waals surface area (Å²) in [6, 6.07) is 10.1. The normalized spacial score (nSPS) is 7.62. The Morgan fingerprint density at radius 2 is 1.50 bits per heavy atom. The maximum atomic E-state index is 2.63. The average molecular weight is 300 g/mol. The van der Waals surface area contributed by atoms with Crippen LogP contribution in [0.25, 0.3) is 0 Å². The quantitative estimate of drug-likeness (QED) is 0.631. The van der Waals surface area contributed by atoms with Crippen LogP contribution in [0.1, 0.15) is 0 Å². The van der Waals surface area contributed by atoms with E-state index in [0.717, 1.165) is 0 Å². The molecule has 0 spiro atoms. The van der Waals surface area contributed by atoms with E-state index in [9.17, 15) is 0 Å². The summed E-state index contributed by atoms with van der Waals surface area (Å²) < 4.78 is 0. The SMILES string of the molecule is Pc1ccccc1.[Os]. The van der Waals surface area contributed by atoms with Gasteiger partial charge in [-0.3, -0.25) is 0 Å². The molecule has 1 rings (SSSR count). The molecule has 0 aromatic heterocycles. The Bertz CT molecular complexity index is 138. The van der Waals surface area contributed by atoms with Crippen molar-refractivity contribution >= 4 is 14.5 Å². The second kappa shape index (κ2) is 4.19. The average Bonchev–Trinajstić information content (AvgIpc) is 1.69. The van der Waals surface area contributed by atoms with E-state index >= 15 is 0 Å². The van der Waals surface area contributed by atoms with Gasteiger partial charge in [-0.15, -0.1) is 9.24 Å². The minimum Gasteiger partial charge on any atom is -0.106 e. The molecule has 0 fully saturated rings. The van der Waals surface area contributed by atoms with Crippen molar-refractivity contribution in [2.45, 2.75) is 0 Å². The summed E-state index contributed by atoms with van der Waals surface area (Å²) in [7, 11) is 2.63. The summed E-state index contributed by atoms with van der Waals surface area (Å²) in [6.45, 7) is 0. The maximum Gasteiger partial charge on any atom is 0 e. The molecule has 0 radical (unpaired) electrons. The van der Waals surface area contributed by atoms with Gasteiger partial charge in [0.15, 0.2) is 0 Å². The van der Waals surface area contributed by atoms with Crippen LogP contribution in [-0.2, 0) is 19.8 Å². The standard InChI is InChI=1S/C6H7P.Os/c7-6-4-2-1-3-5-6;/h1-5H,7H2;. The molecule has 1 aromatic carbocycles. The molecule has 0 bridgehead atoms. The van der Waals surface area contributed by atoms with Crippen LogP contribution in [0.3, 0.4) is 0 Å². The van der Waals surface area contributed by atoms with Crippen molar-refractivity contribution in [3.63, 3.8) is 0 Å². The molecule has 44 valence electrons. The fourth-order valence-electron chi connectivity index (χ4n) is 0.453. The van der Waals surface area contributed by atoms with Crippen LogP contribution in [0.4, 0.5) is 0 Å².